The molecule has 0 saturated heterocycles. The second-order valence-electron chi connectivity index (χ2n) is 5.57. The molecule has 0 radical (unpaired) electrons. The van der Waals surface area contributed by atoms with Crippen LogP contribution in [-0.4, -0.2) is 10.3 Å². The van der Waals surface area contributed by atoms with Crippen molar-refractivity contribution in [2.45, 2.75) is 33.1 Å². The average Bonchev–Trinajstić information content (AvgIpc) is 2.66. The highest BCUT2D eigenvalue weighted by molar-refractivity contribution is 5.71. The Morgan fingerprint density at radius 3 is 2.39 bits per heavy atom. The van der Waals surface area contributed by atoms with Gasteiger partial charge in [-0.25, -0.2) is 0 Å². The first kappa shape index (κ1) is 12.5. The van der Waals surface area contributed by atoms with Gasteiger partial charge in [-0.05, 0) is 24.0 Å². The molecule has 1 aromatic carbocycles. The number of phenolic OH excluding ortho intramolecular Hbond substituents is 1. The topological polar surface area (TPSA) is 72.3 Å². The van der Waals surface area contributed by atoms with Crippen LogP contribution in [0.2, 0.25) is 0 Å². The number of rotatable bonds is 1. The minimum Gasteiger partial charge on any atom is -0.507 e. The van der Waals surface area contributed by atoms with E-state index in [1.165, 1.54) is 0 Å². The van der Waals surface area contributed by atoms with E-state index in [1.54, 1.807) is 6.07 Å². The van der Waals surface area contributed by atoms with Gasteiger partial charge in [0.25, 0.3) is 0 Å². The van der Waals surface area contributed by atoms with Crippen LogP contribution in [-0.2, 0) is 5.41 Å². The molecule has 4 heteroatoms. The molecule has 2 aromatic rings. The fourth-order valence-electron chi connectivity index (χ4n) is 1.96. The van der Waals surface area contributed by atoms with Gasteiger partial charge in [-0.3, -0.25) is 0 Å². The molecule has 4 nitrogen and oxygen atoms in total. The smallest absolute Gasteiger partial charge is 0.222 e. The van der Waals surface area contributed by atoms with Gasteiger partial charge < -0.3 is 15.4 Å². The van der Waals surface area contributed by atoms with E-state index in [1.807, 2.05) is 19.1 Å². The van der Waals surface area contributed by atoms with E-state index in [0.717, 1.165) is 11.1 Å². The van der Waals surface area contributed by atoms with E-state index in [9.17, 15) is 5.11 Å². The van der Waals surface area contributed by atoms with E-state index in [4.69, 9.17) is 10.3 Å². The van der Waals surface area contributed by atoms with Crippen LogP contribution >= 0.6 is 0 Å². The van der Waals surface area contributed by atoms with Crippen LogP contribution in [0.15, 0.2) is 22.7 Å². The standard InChI is InChI=1S/C14H18N2O2/c1-8-5-9(11-7-12(15)18-16-11)13(17)10(6-8)14(2,3)4/h5-7,17H,15H2,1-4H3. The first-order valence-electron chi connectivity index (χ1n) is 5.85. The molecule has 3 N–H and O–H groups in total. The molecular formula is C14H18N2O2. The van der Waals surface area contributed by atoms with Crippen molar-refractivity contribution in [3.05, 3.63) is 29.3 Å². The highest BCUT2D eigenvalue weighted by atomic mass is 16.5. The molecule has 1 heterocycles. The lowest BCUT2D eigenvalue weighted by atomic mass is 9.84. The molecule has 0 aliphatic heterocycles. The average molecular weight is 246 g/mol. The van der Waals surface area contributed by atoms with Gasteiger partial charge >= 0.3 is 0 Å². The van der Waals surface area contributed by atoms with Crippen LogP contribution in [0.5, 0.6) is 5.75 Å². The molecule has 0 aliphatic rings. The number of aryl methyl sites for hydroxylation is 1. The van der Waals surface area contributed by atoms with E-state index in [2.05, 4.69) is 25.9 Å². The first-order chi connectivity index (χ1) is 8.29. The molecule has 0 unspecified atom stereocenters. The number of hydrogen-bond acceptors (Lipinski definition) is 4. The van der Waals surface area contributed by atoms with Crippen LogP contribution in [0, 0.1) is 6.92 Å². The Morgan fingerprint density at radius 1 is 1.22 bits per heavy atom. The predicted molar refractivity (Wildman–Crippen MR) is 71.5 cm³/mol. The predicted octanol–water partition coefficient (Wildman–Crippen LogP) is 3.24. The van der Waals surface area contributed by atoms with Gasteiger partial charge in [0.1, 0.15) is 11.4 Å². The second kappa shape index (κ2) is 4.05. The molecule has 0 bridgehead atoms. The summed E-state index contributed by atoms with van der Waals surface area (Å²) in [7, 11) is 0. The van der Waals surface area contributed by atoms with Crippen LogP contribution < -0.4 is 5.73 Å². The third kappa shape index (κ3) is 2.18. The SMILES string of the molecule is Cc1cc(-c2cc(N)on2)c(O)c(C(C)(C)C)c1. The lowest BCUT2D eigenvalue weighted by Gasteiger charge is -2.22. The molecule has 0 spiro atoms. The Hall–Kier alpha value is -1.97. The Labute approximate surface area is 106 Å². The van der Waals surface area contributed by atoms with Crippen molar-refractivity contribution in [1.82, 2.24) is 5.16 Å². The van der Waals surface area contributed by atoms with Crippen molar-refractivity contribution in [1.29, 1.82) is 0 Å². The largest absolute Gasteiger partial charge is 0.507 e. The number of nitrogen functional groups attached to an aromatic ring is 1. The third-order valence-corrected chi connectivity index (χ3v) is 2.87. The van der Waals surface area contributed by atoms with Crippen molar-refractivity contribution in [3.63, 3.8) is 0 Å². The quantitative estimate of drug-likeness (QED) is 0.810. The van der Waals surface area contributed by atoms with Gasteiger partial charge in [0, 0.05) is 17.2 Å². The Morgan fingerprint density at radius 2 is 1.89 bits per heavy atom. The minimum atomic E-state index is -0.139. The molecular weight excluding hydrogens is 228 g/mol. The Balaban J connectivity index is 2.66. The molecule has 2 rings (SSSR count). The maximum absolute atomic E-state index is 10.4. The van der Waals surface area contributed by atoms with E-state index < -0.39 is 0 Å². The first-order valence-corrected chi connectivity index (χ1v) is 5.85. The summed E-state index contributed by atoms with van der Waals surface area (Å²) in [6.07, 6.45) is 0. The zero-order valence-electron chi connectivity index (χ0n) is 11.1. The number of hydrogen-bond donors (Lipinski definition) is 2. The molecule has 0 atom stereocenters. The lowest BCUT2D eigenvalue weighted by molar-refractivity contribution is 0.434. The number of aromatic hydroxyl groups is 1. The van der Waals surface area contributed by atoms with Gasteiger partial charge in [0.15, 0.2) is 0 Å². The molecule has 96 valence electrons. The number of nitrogens with two attached hydrogens (primary N) is 1. The van der Waals surface area contributed by atoms with Crippen LogP contribution in [0.1, 0.15) is 31.9 Å². The lowest BCUT2D eigenvalue weighted by Crippen LogP contribution is -2.12. The number of phenols is 1. The normalized spacial score (nSPS) is 11.8. The highest BCUT2D eigenvalue weighted by Gasteiger charge is 2.22. The number of anilines is 1. The number of nitrogens with zero attached hydrogens (tertiary/aromatic N) is 1. The summed E-state index contributed by atoms with van der Waals surface area (Å²) in [6, 6.07) is 5.48. The Kier molecular flexibility index (Phi) is 2.81. The molecule has 0 aliphatic carbocycles. The highest BCUT2D eigenvalue weighted by Crippen LogP contribution is 2.39. The van der Waals surface area contributed by atoms with Crippen LogP contribution in [0.3, 0.4) is 0 Å². The van der Waals surface area contributed by atoms with Gasteiger partial charge in [-0.2, -0.15) is 0 Å². The summed E-state index contributed by atoms with van der Waals surface area (Å²) in [5.41, 5.74) is 8.54. The molecule has 0 fully saturated rings. The van der Waals surface area contributed by atoms with Gasteiger partial charge in [0.2, 0.25) is 5.88 Å². The minimum absolute atomic E-state index is 0.139. The summed E-state index contributed by atoms with van der Waals surface area (Å²) in [4.78, 5) is 0. The third-order valence-electron chi connectivity index (χ3n) is 2.87. The van der Waals surface area contributed by atoms with Crippen LogP contribution in [0.25, 0.3) is 11.3 Å². The summed E-state index contributed by atoms with van der Waals surface area (Å²) in [6.45, 7) is 8.16. The molecule has 1 aromatic heterocycles. The summed E-state index contributed by atoms with van der Waals surface area (Å²) < 4.78 is 4.86. The van der Waals surface area contributed by atoms with Crippen molar-refractivity contribution in [3.8, 4) is 17.0 Å². The number of aromatic nitrogens is 1. The van der Waals surface area contributed by atoms with Crippen LogP contribution in [0.4, 0.5) is 5.88 Å². The van der Waals surface area contributed by atoms with Gasteiger partial charge in [-0.15, -0.1) is 0 Å². The summed E-state index contributed by atoms with van der Waals surface area (Å²) in [5, 5.41) is 14.2. The van der Waals surface area contributed by atoms with E-state index in [-0.39, 0.29) is 17.0 Å². The molecule has 18 heavy (non-hydrogen) atoms. The molecule has 0 amide bonds. The van der Waals surface area contributed by atoms with Crippen molar-refractivity contribution in [2.24, 2.45) is 0 Å². The van der Waals surface area contributed by atoms with Crippen molar-refractivity contribution in [2.75, 3.05) is 5.73 Å². The second-order valence-corrected chi connectivity index (χ2v) is 5.57. The van der Waals surface area contributed by atoms with E-state index >= 15 is 0 Å². The van der Waals surface area contributed by atoms with E-state index in [0.29, 0.717) is 11.3 Å². The van der Waals surface area contributed by atoms with Crippen molar-refractivity contribution >= 4 is 5.88 Å². The maximum atomic E-state index is 10.4. The zero-order valence-corrected chi connectivity index (χ0v) is 11.1. The Bertz CT molecular complexity index is 580. The fraction of sp³-hybridized carbons (Fsp3) is 0.357. The summed E-state index contributed by atoms with van der Waals surface area (Å²) >= 11 is 0. The fourth-order valence-corrected chi connectivity index (χ4v) is 1.96. The summed E-state index contributed by atoms with van der Waals surface area (Å²) in [5.74, 6) is 0.476. The zero-order chi connectivity index (χ0) is 13.5. The van der Waals surface area contributed by atoms with Crippen molar-refractivity contribution < 1.29 is 9.63 Å². The van der Waals surface area contributed by atoms with Gasteiger partial charge in [-0.1, -0.05) is 32.0 Å². The number of benzene rings is 1. The monoisotopic (exact) mass is 246 g/mol. The van der Waals surface area contributed by atoms with Gasteiger partial charge in [0.05, 0.1) is 0 Å². The molecule has 0 saturated carbocycles. The maximum Gasteiger partial charge on any atom is 0.222 e.